The predicted octanol–water partition coefficient (Wildman–Crippen LogP) is 4.93. The van der Waals surface area contributed by atoms with Gasteiger partial charge < -0.3 is 4.74 Å². The van der Waals surface area contributed by atoms with Crippen molar-refractivity contribution in [3.63, 3.8) is 0 Å². The number of alkyl halides is 1. The van der Waals surface area contributed by atoms with E-state index < -0.39 is 5.82 Å². The second-order valence-electron chi connectivity index (χ2n) is 4.13. The maximum Gasteiger partial charge on any atom is 0.124 e. The topological polar surface area (TPSA) is 33.0 Å². The molecule has 5 heteroatoms. The van der Waals surface area contributed by atoms with Gasteiger partial charge in [-0.3, -0.25) is 0 Å². The average molecular weight is 399 g/mol. The van der Waals surface area contributed by atoms with Crippen molar-refractivity contribution in [1.82, 2.24) is 0 Å². The minimum atomic E-state index is -0.431. The Morgan fingerprint density at radius 1 is 1.20 bits per heavy atom. The summed E-state index contributed by atoms with van der Waals surface area (Å²) in [6.07, 6.45) is 0. The molecule has 0 amide bonds. The molecule has 0 unspecified atom stereocenters. The van der Waals surface area contributed by atoms with Gasteiger partial charge in [0.1, 0.15) is 18.2 Å². The van der Waals surface area contributed by atoms with Gasteiger partial charge in [-0.25, -0.2) is 4.39 Å². The molecule has 0 radical (unpaired) electrons. The van der Waals surface area contributed by atoms with Gasteiger partial charge in [-0.1, -0.05) is 31.9 Å². The van der Waals surface area contributed by atoms with Crippen molar-refractivity contribution in [2.75, 3.05) is 0 Å². The molecule has 0 saturated carbocycles. The van der Waals surface area contributed by atoms with E-state index in [2.05, 4.69) is 31.9 Å². The smallest absolute Gasteiger partial charge is 0.124 e. The second-order valence-corrected chi connectivity index (χ2v) is 5.61. The molecule has 2 nitrogen and oxygen atoms in total. The van der Waals surface area contributed by atoms with Crippen LogP contribution in [0.3, 0.4) is 0 Å². The lowest BCUT2D eigenvalue weighted by molar-refractivity contribution is 0.303. The zero-order valence-electron chi connectivity index (χ0n) is 10.4. The van der Waals surface area contributed by atoms with Crippen LogP contribution in [0.15, 0.2) is 40.9 Å². The molecule has 0 spiro atoms. The van der Waals surface area contributed by atoms with Crippen LogP contribution >= 0.6 is 31.9 Å². The van der Waals surface area contributed by atoms with Crippen molar-refractivity contribution >= 4 is 31.9 Å². The Morgan fingerprint density at radius 3 is 2.70 bits per heavy atom. The van der Waals surface area contributed by atoms with Gasteiger partial charge in [-0.2, -0.15) is 5.26 Å². The number of ether oxygens (including phenoxy) is 1. The Kier molecular flexibility index (Phi) is 5.16. The summed E-state index contributed by atoms with van der Waals surface area (Å²) in [5, 5.41) is 9.48. The summed E-state index contributed by atoms with van der Waals surface area (Å²) in [6.45, 7) is 0.216. The highest BCUT2D eigenvalue weighted by Gasteiger charge is 2.06. The van der Waals surface area contributed by atoms with Crippen LogP contribution in [0.2, 0.25) is 0 Å². The summed E-state index contributed by atoms with van der Waals surface area (Å²) in [5.74, 6) is 0.298. The van der Waals surface area contributed by atoms with Crippen molar-refractivity contribution in [3.8, 4) is 11.8 Å². The van der Waals surface area contributed by atoms with Gasteiger partial charge in [0.05, 0.1) is 11.6 Å². The molecule has 0 saturated heterocycles. The van der Waals surface area contributed by atoms with Crippen LogP contribution in [-0.2, 0) is 11.9 Å². The molecule has 2 aromatic rings. The molecule has 0 bridgehead atoms. The Labute approximate surface area is 133 Å². The van der Waals surface area contributed by atoms with Crippen LogP contribution in [0.4, 0.5) is 4.39 Å². The highest BCUT2D eigenvalue weighted by molar-refractivity contribution is 9.10. The fourth-order valence-corrected chi connectivity index (χ4v) is 2.60. The predicted molar refractivity (Wildman–Crippen MR) is 82.2 cm³/mol. The van der Waals surface area contributed by atoms with Crippen LogP contribution in [0.25, 0.3) is 0 Å². The highest BCUT2D eigenvalue weighted by atomic mass is 79.9. The highest BCUT2D eigenvalue weighted by Crippen LogP contribution is 2.26. The molecule has 102 valence electrons. The van der Waals surface area contributed by atoms with E-state index in [9.17, 15) is 4.39 Å². The summed E-state index contributed by atoms with van der Waals surface area (Å²) < 4.78 is 20.0. The fraction of sp³-hybridized carbons (Fsp3) is 0.133. The van der Waals surface area contributed by atoms with Gasteiger partial charge in [0, 0.05) is 15.4 Å². The number of nitriles is 1. The number of benzene rings is 2. The van der Waals surface area contributed by atoms with Gasteiger partial charge >= 0.3 is 0 Å². The molecule has 0 N–H and O–H groups in total. The Morgan fingerprint density at radius 2 is 2.00 bits per heavy atom. The molecule has 0 heterocycles. The van der Waals surface area contributed by atoms with Gasteiger partial charge in [-0.05, 0) is 42.0 Å². The molecular formula is C15H10Br2FNO. The third-order valence-corrected chi connectivity index (χ3v) is 3.74. The number of hydrogen-bond donors (Lipinski definition) is 0. The summed E-state index contributed by atoms with van der Waals surface area (Å²) in [7, 11) is 0. The van der Waals surface area contributed by atoms with Crippen molar-refractivity contribution in [1.29, 1.82) is 5.26 Å². The van der Waals surface area contributed by atoms with Crippen molar-refractivity contribution < 1.29 is 9.13 Å². The number of halogens is 3. The first-order valence-electron chi connectivity index (χ1n) is 5.79. The quantitative estimate of drug-likeness (QED) is 0.683. The van der Waals surface area contributed by atoms with E-state index in [4.69, 9.17) is 10.00 Å². The van der Waals surface area contributed by atoms with E-state index in [-0.39, 0.29) is 6.61 Å². The lowest BCUT2D eigenvalue weighted by Crippen LogP contribution is -1.99. The Balaban J connectivity index is 2.17. The third kappa shape index (κ3) is 3.81. The molecule has 2 aromatic carbocycles. The van der Waals surface area contributed by atoms with Gasteiger partial charge in [0.25, 0.3) is 0 Å². The van der Waals surface area contributed by atoms with E-state index in [1.54, 1.807) is 6.07 Å². The van der Waals surface area contributed by atoms with Crippen molar-refractivity contribution in [2.24, 2.45) is 0 Å². The summed E-state index contributed by atoms with van der Waals surface area (Å²) in [5.41, 5.74) is 1.92. The fourth-order valence-electron chi connectivity index (χ4n) is 1.75. The molecule has 0 aliphatic rings. The van der Waals surface area contributed by atoms with E-state index >= 15 is 0 Å². The molecule has 0 atom stereocenters. The average Bonchev–Trinajstić information content (AvgIpc) is 2.45. The van der Waals surface area contributed by atoms with Crippen LogP contribution in [0, 0.1) is 17.1 Å². The largest absolute Gasteiger partial charge is 0.489 e. The maximum absolute atomic E-state index is 13.3. The molecular weight excluding hydrogens is 389 g/mol. The first-order valence-corrected chi connectivity index (χ1v) is 7.70. The second kappa shape index (κ2) is 6.87. The van der Waals surface area contributed by atoms with E-state index in [1.165, 1.54) is 12.1 Å². The normalized spacial score (nSPS) is 10.1. The maximum atomic E-state index is 13.3. The van der Waals surface area contributed by atoms with Crippen molar-refractivity contribution in [3.05, 3.63) is 63.4 Å². The SMILES string of the molecule is N#Cc1cc(F)cc(COc2ccc(Br)cc2CBr)c1. The molecule has 0 fully saturated rings. The molecule has 0 aliphatic heterocycles. The van der Waals surface area contributed by atoms with Gasteiger partial charge in [-0.15, -0.1) is 0 Å². The minimum Gasteiger partial charge on any atom is -0.489 e. The lowest BCUT2D eigenvalue weighted by atomic mass is 10.1. The molecule has 20 heavy (non-hydrogen) atoms. The van der Waals surface area contributed by atoms with E-state index in [0.717, 1.165) is 15.8 Å². The zero-order chi connectivity index (χ0) is 14.5. The van der Waals surface area contributed by atoms with E-state index in [0.29, 0.717) is 16.5 Å². The first kappa shape index (κ1) is 15.0. The Hall–Kier alpha value is -1.38. The minimum absolute atomic E-state index is 0.216. The summed E-state index contributed by atoms with van der Waals surface area (Å²) in [4.78, 5) is 0. The van der Waals surface area contributed by atoms with Gasteiger partial charge in [0.15, 0.2) is 0 Å². The van der Waals surface area contributed by atoms with Crippen molar-refractivity contribution in [2.45, 2.75) is 11.9 Å². The number of nitrogens with zero attached hydrogens (tertiary/aromatic N) is 1. The van der Waals surface area contributed by atoms with Crippen LogP contribution in [-0.4, -0.2) is 0 Å². The van der Waals surface area contributed by atoms with Crippen LogP contribution in [0.1, 0.15) is 16.7 Å². The van der Waals surface area contributed by atoms with Crippen LogP contribution < -0.4 is 4.74 Å². The van der Waals surface area contributed by atoms with E-state index in [1.807, 2.05) is 24.3 Å². The number of rotatable bonds is 4. The Bertz CT molecular complexity index is 667. The van der Waals surface area contributed by atoms with Gasteiger partial charge in [0.2, 0.25) is 0 Å². The standard InChI is InChI=1S/C15H10Br2FNO/c16-7-12-6-13(17)1-2-15(12)20-9-11-3-10(8-19)4-14(18)5-11/h1-6H,7,9H2. The first-order chi connectivity index (χ1) is 9.62. The van der Waals surface area contributed by atoms with Crippen LogP contribution in [0.5, 0.6) is 5.75 Å². The molecule has 2 rings (SSSR count). The molecule has 0 aliphatic carbocycles. The lowest BCUT2D eigenvalue weighted by Gasteiger charge is -2.11. The molecule has 0 aromatic heterocycles. The third-order valence-electron chi connectivity index (χ3n) is 2.65. The summed E-state index contributed by atoms with van der Waals surface area (Å²) >= 11 is 6.80. The summed E-state index contributed by atoms with van der Waals surface area (Å²) in [6, 6.07) is 11.8. The number of hydrogen-bond acceptors (Lipinski definition) is 2. The zero-order valence-corrected chi connectivity index (χ0v) is 13.5. The monoisotopic (exact) mass is 397 g/mol.